The molecule has 0 aromatic rings. The number of ether oxygens (including phenoxy) is 1. The average molecular weight is 212 g/mol. The van der Waals surface area contributed by atoms with E-state index in [1.54, 1.807) is 0 Å². The number of aliphatic hydroxyl groups excluding tert-OH is 1. The number of carbonyl (C=O) groups excluding carboxylic acids is 1. The van der Waals surface area contributed by atoms with Gasteiger partial charge in [-0.25, -0.2) is 0 Å². The van der Waals surface area contributed by atoms with Crippen LogP contribution in [0.5, 0.6) is 0 Å². The van der Waals surface area contributed by atoms with Crippen LogP contribution in [0.1, 0.15) is 20.3 Å². The molecule has 0 bridgehead atoms. The van der Waals surface area contributed by atoms with Crippen molar-refractivity contribution in [3.05, 3.63) is 0 Å². The minimum absolute atomic E-state index is 0. The normalized spacial score (nSPS) is 14.6. The molecule has 0 saturated heterocycles. The highest BCUT2D eigenvalue weighted by molar-refractivity contribution is 5.85. The Hall–Kier alpha value is -0.320. The van der Waals surface area contributed by atoms with Crippen LogP contribution in [0.25, 0.3) is 0 Å². The number of nitrogens with two attached hydrogens (primary N) is 1. The van der Waals surface area contributed by atoms with Crippen molar-refractivity contribution in [3.63, 3.8) is 0 Å². The van der Waals surface area contributed by atoms with Crippen molar-refractivity contribution in [3.8, 4) is 0 Å². The molecule has 0 fully saturated rings. The quantitative estimate of drug-likeness (QED) is 0.657. The molecule has 0 aliphatic carbocycles. The number of halogens is 1. The predicted molar refractivity (Wildman–Crippen MR) is 52.7 cm³/mol. The number of rotatable bonds is 4. The minimum Gasteiger partial charge on any atom is -0.468 e. The summed E-state index contributed by atoms with van der Waals surface area (Å²) in [7, 11) is 1.28. The summed E-state index contributed by atoms with van der Waals surface area (Å²) in [5.41, 5.74) is 5.43. The van der Waals surface area contributed by atoms with Crippen LogP contribution in [0, 0.1) is 5.92 Å². The fourth-order valence-corrected chi connectivity index (χ4v) is 0.780. The first-order valence-electron chi connectivity index (χ1n) is 4.00. The molecule has 13 heavy (non-hydrogen) atoms. The molecule has 0 radical (unpaired) electrons. The Morgan fingerprint density at radius 2 is 2.00 bits per heavy atom. The topological polar surface area (TPSA) is 72.5 Å². The maximum absolute atomic E-state index is 10.8. The van der Waals surface area contributed by atoms with Gasteiger partial charge in [0.1, 0.15) is 6.04 Å². The lowest BCUT2D eigenvalue weighted by Crippen LogP contribution is -2.36. The first-order valence-corrected chi connectivity index (χ1v) is 4.00. The fraction of sp³-hybridized carbons (Fsp3) is 0.875. The molecule has 0 aromatic carbocycles. The highest BCUT2D eigenvalue weighted by atomic mass is 35.5. The van der Waals surface area contributed by atoms with Gasteiger partial charge in [-0.05, 0) is 12.3 Å². The van der Waals surface area contributed by atoms with E-state index >= 15 is 0 Å². The van der Waals surface area contributed by atoms with Crippen molar-refractivity contribution in [1.82, 2.24) is 0 Å². The van der Waals surface area contributed by atoms with Gasteiger partial charge >= 0.3 is 5.97 Å². The summed E-state index contributed by atoms with van der Waals surface area (Å²) in [5.74, 6) is -0.365. The molecule has 0 aliphatic heterocycles. The van der Waals surface area contributed by atoms with Crippen LogP contribution in [-0.2, 0) is 9.53 Å². The molecule has 3 N–H and O–H groups in total. The van der Waals surface area contributed by atoms with Crippen molar-refractivity contribution in [2.75, 3.05) is 7.11 Å². The van der Waals surface area contributed by atoms with Crippen LogP contribution < -0.4 is 5.73 Å². The number of esters is 1. The zero-order chi connectivity index (χ0) is 9.72. The Kier molecular flexibility index (Phi) is 8.30. The molecule has 0 rings (SSSR count). The maximum Gasteiger partial charge on any atom is 0.322 e. The van der Waals surface area contributed by atoms with Gasteiger partial charge in [0, 0.05) is 0 Å². The van der Waals surface area contributed by atoms with E-state index in [0.717, 1.165) is 0 Å². The second-order valence-electron chi connectivity index (χ2n) is 3.18. The summed E-state index contributed by atoms with van der Waals surface area (Å²) in [4.78, 5) is 10.8. The van der Waals surface area contributed by atoms with Gasteiger partial charge < -0.3 is 15.6 Å². The van der Waals surface area contributed by atoms with Gasteiger partial charge in [0.15, 0.2) is 0 Å². The molecule has 0 amide bonds. The molecular weight excluding hydrogens is 194 g/mol. The lowest BCUT2D eigenvalue weighted by Gasteiger charge is -2.17. The maximum atomic E-state index is 10.8. The van der Waals surface area contributed by atoms with Gasteiger partial charge in [-0.1, -0.05) is 13.8 Å². The van der Waals surface area contributed by atoms with E-state index in [1.165, 1.54) is 7.11 Å². The highest BCUT2D eigenvalue weighted by Gasteiger charge is 2.19. The van der Waals surface area contributed by atoms with E-state index in [0.29, 0.717) is 0 Å². The number of aliphatic hydroxyl groups is 1. The van der Waals surface area contributed by atoms with Gasteiger partial charge in [0.2, 0.25) is 0 Å². The van der Waals surface area contributed by atoms with Crippen LogP contribution in [0.2, 0.25) is 0 Å². The van der Waals surface area contributed by atoms with E-state index in [1.807, 2.05) is 13.8 Å². The molecule has 4 nitrogen and oxygen atoms in total. The zero-order valence-electron chi connectivity index (χ0n) is 8.19. The second kappa shape index (κ2) is 7.12. The second-order valence-corrected chi connectivity index (χ2v) is 3.18. The van der Waals surface area contributed by atoms with Crippen molar-refractivity contribution in [2.24, 2.45) is 11.7 Å². The van der Waals surface area contributed by atoms with Gasteiger partial charge in [0.05, 0.1) is 13.2 Å². The van der Waals surface area contributed by atoms with E-state index < -0.39 is 18.1 Å². The van der Waals surface area contributed by atoms with Crippen LogP contribution in [0.4, 0.5) is 0 Å². The minimum atomic E-state index is -0.715. The molecule has 0 saturated carbocycles. The van der Waals surface area contributed by atoms with Crippen LogP contribution >= 0.6 is 12.4 Å². The van der Waals surface area contributed by atoms with Gasteiger partial charge in [-0.3, -0.25) is 4.79 Å². The van der Waals surface area contributed by atoms with E-state index in [2.05, 4.69) is 4.74 Å². The predicted octanol–water partition coefficient (Wildman–Crippen LogP) is 0.315. The third-order valence-electron chi connectivity index (χ3n) is 1.77. The van der Waals surface area contributed by atoms with E-state index in [4.69, 9.17) is 5.73 Å². The molecular formula is C8H18ClNO3. The summed E-state index contributed by atoms with van der Waals surface area (Å²) in [6, 6.07) is -0.715. The van der Waals surface area contributed by atoms with E-state index in [-0.39, 0.29) is 24.7 Å². The molecule has 0 spiro atoms. The molecule has 0 aromatic heterocycles. The zero-order valence-corrected chi connectivity index (χ0v) is 9.00. The monoisotopic (exact) mass is 211 g/mol. The summed E-state index contributed by atoms with van der Waals surface area (Å²) < 4.78 is 4.42. The third kappa shape index (κ3) is 5.85. The van der Waals surface area contributed by atoms with Crippen molar-refractivity contribution >= 4 is 18.4 Å². The highest BCUT2D eigenvalue weighted by Crippen LogP contribution is 2.07. The van der Waals surface area contributed by atoms with Crippen molar-refractivity contribution < 1.29 is 14.6 Å². The van der Waals surface area contributed by atoms with Crippen molar-refractivity contribution in [2.45, 2.75) is 32.4 Å². The fourth-order valence-electron chi connectivity index (χ4n) is 0.780. The summed E-state index contributed by atoms with van der Waals surface area (Å²) in [6.07, 6.45) is -0.288. The SMILES string of the molecule is COC(=O)C(N)CC(O)C(C)C.Cl. The van der Waals surface area contributed by atoms with Crippen LogP contribution in [0.3, 0.4) is 0 Å². The lowest BCUT2D eigenvalue weighted by atomic mass is 10.0. The molecule has 0 aliphatic rings. The Bertz CT molecular complexity index is 152. The van der Waals surface area contributed by atoms with Gasteiger partial charge in [0.25, 0.3) is 0 Å². The molecule has 2 atom stereocenters. The Balaban J connectivity index is 0. The number of methoxy groups -OCH3 is 1. The smallest absolute Gasteiger partial charge is 0.322 e. The molecule has 5 heteroatoms. The number of hydrogen-bond donors (Lipinski definition) is 2. The molecule has 0 heterocycles. The van der Waals surface area contributed by atoms with Gasteiger partial charge in [-0.15, -0.1) is 12.4 Å². The molecule has 2 unspecified atom stereocenters. The largest absolute Gasteiger partial charge is 0.468 e. The third-order valence-corrected chi connectivity index (χ3v) is 1.77. The van der Waals surface area contributed by atoms with Crippen molar-refractivity contribution in [1.29, 1.82) is 0 Å². The van der Waals surface area contributed by atoms with Crippen LogP contribution in [0.15, 0.2) is 0 Å². The first-order chi connectivity index (χ1) is 5.49. The Morgan fingerprint density at radius 1 is 1.54 bits per heavy atom. The first kappa shape index (κ1) is 15.2. The Labute approximate surface area is 84.9 Å². The summed E-state index contributed by atoms with van der Waals surface area (Å²) in [5, 5.41) is 9.35. The van der Waals surface area contributed by atoms with Crippen LogP contribution in [-0.4, -0.2) is 30.3 Å². The van der Waals surface area contributed by atoms with Gasteiger partial charge in [-0.2, -0.15) is 0 Å². The molecule has 80 valence electrons. The number of carbonyl (C=O) groups is 1. The standard InChI is InChI=1S/C8H17NO3.ClH/c1-5(2)7(10)4-6(9)8(11)12-3;/h5-7,10H,4,9H2,1-3H3;1H. The summed E-state index contributed by atoms with van der Waals surface area (Å²) >= 11 is 0. The summed E-state index contributed by atoms with van der Waals surface area (Å²) in [6.45, 7) is 3.74. The lowest BCUT2D eigenvalue weighted by molar-refractivity contribution is -0.143. The number of hydrogen-bond acceptors (Lipinski definition) is 4. The van der Waals surface area contributed by atoms with E-state index in [9.17, 15) is 9.90 Å². The Morgan fingerprint density at radius 3 is 2.31 bits per heavy atom. The average Bonchev–Trinajstić information content (AvgIpc) is 2.02.